The number of rotatable bonds is 3. The van der Waals surface area contributed by atoms with Crippen LogP contribution in [0.4, 0.5) is 8.78 Å². The van der Waals surface area contributed by atoms with Crippen LogP contribution in [0.3, 0.4) is 0 Å². The second kappa shape index (κ2) is 7.60. The first-order valence-electron chi connectivity index (χ1n) is 9.70. The normalized spacial score (nSPS) is 23.0. The van der Waals surface area contributed by atoms with Crippen LogP contribution in [0.2, 0.25) is 0 Å². The molecule has 0 unspecified atom stereocenters. The van der Waals surface area contributed by atoms with Crippen LogP contribution in [-0.2, 0) is 22.0 Å². The van der Waals surface area contributed by atoms with E-state index in [4.69, 9.17) is 10.5 Å². The minimum Gasteiger partial charge on any atom is -0.492 e. The van der Waals surface area contributed by atoms with Crippen LogP contribution in [-0.4, -0.2) is 43.1 Å². The predicted octanol–water partition coefficient (Wildman–Crippen LogP) is 2.82. The predicted molar refractivity (Wildman–Crippen MR) is 114 cm³/mol. The fourth-order valence-corrected chi connectivity index (χ4v) is 5.19. The van der Waals surface area contributed by atoms with Crippen molar-refractivity contribution < 1.29 is 21.9 Å². The first-order chi connectivity index (χ1) is 14.6. The minimum atomic E-state index is -3.77. The average molecular weight is 448 g/mol. The Hall–Kier alpha value is -3.01. The average Bonchev–Trinajstić information content (AvgIpc) is 2.72. The summed E-state index contributed by atoms with van der Waals surface area (Å²) in [6.07, 6.45) is 4.35. The summed E-state index contributed by atoms with van der Waals surface area (Å²) in [4.78, 5) is 8.31. The van der Waals surface area contributed by atoms with E-state index >= 15 is 0 Å². The van der Waals surface area contributed by atoms with Crippen molar-refractivity contribution in [2.45, 2.75) is 25.3 Å². The van der Waals surface area contributed by atoms with Gasteiger partial charge in [0.05, 0.1) is 24.3 Å². The van der Waals surface area contributed by atoms with Gasteiger partial charge < -0.3 is 10.5 Å². The van der Waals surface area contributed by atoms with E-state index in [1.54, 1.807) is 6.07 Å². The third-order valence-corrected chi connectivity index (χ3v) is 7.42. The molecule has 1 atom stereocenters. The van der Waals surface area contributed by atoms with Crippen molar-refractivity contribution in [3.63, 3.8) is 0 Å². The lowest BCUT2D eigenvalue weighted by Gasteiger charge is -2.34. The van der Waals surface area contributed by atoms with Gasteiger partial charge in [0.25, 0.3) is 0 Å². The Morgan fingerprint density at radius 3 is 2.87 bits per heavy atom. The molecule has 1 aromatic heterocycles. The molecule has 0 radical (unpaired) electrons. The Morgan fingerprint density at radius 2 is 2.13 bits per heavy atom. The smallest absolute Gasteiger partial charge is 0.239 e. The lowest BCUT2D eigenvalue weighted by atomic mass is 9.92. The quantitative estimate of drug-likeness (QED) is 0.779. The molecule has 0 fully saturated rings. The van der Waals surface area contributed by atoms with E-state index in [1.807, 2.05) is 0 Å². The van der Waals surface area contributed by atoms with E-state index < -0.39 is 33.0 Å². The Morgan fingerprint density at radius 1 is 1.35 bits per heavy atom. The van der Waals surface area contributed by atoms with Gasteiger partial charge in [-0.25, -0.2) is 31.5 Å². The van der Waals surface area contributed by atoms with Gasteiger partial charge in [0.1, 0.15) is 22.9 Å². The van der Waals surface area contributed by atoms with Gasteiger partial charge in [-0.1, -0.05) is 6.07 Å². The van der Waals surface area contributed by atoms with Crippen LogP contribution in [0, 0.1) is 5.82 Å². The summed E-state index contributed by atoms with van der Waals surface area (Å²) < 4.78 is 60.8. The molecule has 1 aromatic carbocycles. The number of guanidine groups is 1. The van der Waals surface area contributed by atoms with Gasteiger partial charge in [0.2, 0.25) is 16.0 Å². The number of aryl methyl sites for hydroxylation is 1. The highest BCUT2D eigenvalue weighted by Crippen LogP contribution is 2.35. The number of sulfonamides is 1. The number of aromatic nitrogens is 1. The number of benzene rings is 1. The molecule has 10 heteroatoms. The van der Waals surface area contributed by atoms with Crippen LogP contribution < -0.4 is 10.5 Å². The number of hydrogen-bond donors (Lipinski definition) is 1. The zero-order valence-corrected chi connectivity index (χ0v) is 17.9. The summed E-state index contributed by atoms with van der Waals surface area (Å²) in [6, 6.07) is 5.58. The molecule has 31 heavy (non-hydrogen) atoms. The van der Waals surface area contributed by atoms with E-state index in [0.29, 0.717) is 17.9 Å². The fourth-order valence-electron chi connectivity index (χ4n) is 3.74. The molecule has 7 nitrogen and oxygen atoms in total. The maximum absolute atomic E-state index is 14.9. The van der Waals surface area contributed by atoms with Crippen LogP contribution >= 0.6 is 0 Å². The first kappa shape index (κ1) is 21.2. The molecular weight excluding hydrogens is 426 g/mol. The van der Waals surface area contributed by atoms with Crippen LogP contribution in [0.15, 0.2) is 35.5 Å². The number of nitrogens with two attached hydrogens (primary N) is 1. The zero-order chi connectivity index (χ0) is 22.4. The number of halogens is 2. The van der Waals surface area contributed by atoms with Crippen molar-refractivity contribution in [2.24, 2.45) is 10.7 Å². The number of pyridine rings is 1. The molecule has 0 spiro atoms. The molecule has 164 valence electrons. The summed E-state index contributed by atoms with van der Waals surface area (Å²) in [6.45, 7) is 2.10. The van der Waals surface area contributed by atoms with Gasteiger partial charge in [-0.3, -0.25) is 0 Å². The Balaban J connectivity index is 1.72. The molecule has 0 bridgehead atoms. The topological polar surface area (TPSA) is 97.9 Å². The monoisotopic (exact) mass is 448 g/mol. The molecule has 2 aromatic rings. The Labute approximate surface area is 179 Å². The lowest BCUT2D eigenvalue weighted by Crippen LogP contribution is -2.50. The third-order valence-electron chi connectivity index (χ3n) is 5.47. The molecule has 0 saturated carbocycles. The maximum Gasteiger partial charge on any atom is 0.239 e. The van der Waals surface area contributed by atoms with Crippen LogP contribution in [0.1, 0.15) is 35.7 Å². The highest BCUT2D eigenvalue weighted by Gasteiger charge is 2.41. The van der Waals surface area contributed by atoms with E-state index in [2.05, 4.69) is 9.98 Å². The number of ether oxygens (including phenoxy) is 1. The molecule has 2 N–H and O–H groups in total. The molecule has 2 aliphatic rings. The van der Waals surface area contributed by atoms with Crippen molar-refractivity contribution >= 4 is 27.9 Å². The highest BCUT2D eigenvalue weighted by atomic mass is 32.2. The molecular formula is C21H22F2N4O3S. The van der Waals surface area contributed by atoms with Gasteiger partial charge in [-0.2, -0.15) is 0 Å². The third kappa shape index (κ3) is 3.99. The SMILES string of the molecule is CN1C(N)=N[C@](C)(c2cc(/C=C(\F)c3cc4c(cn3)OCCC4)ccc2F)CS1(=O)=O. The first-order valence-corrected chi connectivity index (χ1v) is 11.3. The van der Waals surface area contributed by atoms with E-state index in [9.17, 15) is 17.2 Å². The van der Waals surface area contributed by atoms with Crippen molar-refractivity contribution in [3.8, 4) is 5.75 Å². The van der Waals surface area contributed by atoms with E-state index in [0.717, 1.165) is 28.8 Å². The van der Waals surface area contributed by atoms with Gasteiger partial charge in [-0.15, -0.1) is 0 Å². The fraction of sp³-hybridized carbons (Fsp3) is 0.333. The second-order valence-corrected chi connectivity index (χ2v) is 9.83. The molecule has 2 aliphatic heterocycles. The number of aliphatic imine (C=N–C) groups is 1. The lowest BCUT2D eigenvalue weighted by molar-refractivity contribution is 0.287. The minimum absolute atomic E-state index is 0.0143. The van der Waals surface area contributed by atoms with Crippen molar-refractivity contribution in [1.82, 2.24) is 9.29 Å². The summed E-state index contributed by atoms with van der Waals surface area (Å²) >= 11 is 0. The Bertz CT molecular complexity index is 1210. The highest BCUT2D eigenvalue weighted by molar-refractivity contribution is 7.89. The van der Waals surface area contributed by atoms with Crippen LogP contribution in [0.25, 0.3) is 11.9 Å². The number of hydrogen-bond acceptors (Lipinski definition) is 6. The van der Waals surface area contributed by atoms with Gasteiger partial charge in [0.15, 0.2) is 0 Å². The van der Waals surface area contributed by atoms with Crippen molar-refractivity contribution in [2.75, 3.05) is 19.4 Å². The Kier molecular flexibility index (Phi) is 5.20. The summed E-state index contributed by atoms with van der Waals surface area (Å²) in [5.74, 6) is -1.30. The molecule has 3 heterocycles. The number of nitrogens with zero attached hydrogens (tertiary/aromatic N) is 3. The van der Waals surface area contributed by atoms with E-state index in [1.165, 1.54) is 38.4 Å². The number of fused-ring (bicyclic) bond motifs is 1. The standard InChI is InChI=1S/C21H22F2N4O3S/c1-21(12-31(28,29)27(2)20(24)26-21)15-8-13(5-6-16(15)22)9-17(23)18-10-14-4-3-7-30-19(14)11-25-18/h5-6,8-11H,3-4,7,12H2,1-2H3,(H2,24,26)/b17-9-/t21-/m0/s1. The molecule has 0 aliphatic carbocycles. The molecule has 0 amide bonds. The zero-order valence-electron chi connectivity index (χ0n) is 17.1. The van der Waals surface area contributed by atoms with Gasteiger partial charge in [-0.05, 0) is 55.2 Å². The summed E-state index contributed by atoms with van der Waals surface area (Å²) in [5.41, 5.74) is 5.69. The second-order valence-electron chi connectivity index (χ2n) is 7.83. The van der Waals surface area contributed by atoms with Crippen LogP contribution in [0.5, 0.6) is 5.75 Å². The van der Waals surface area contributed by atoms with Crippen molar-refractivity contribution in [3.05, 3.63) is 58.7 Å². The van der Waals surface area contributed by atoms with Crippen molar-refractivity contribution in [1.29, 1.82) is 0 Å². The summed E-state index contributed by atoms with van der Waals surface area (Å²) in [7, 11) is -2.48. The maximum atomic E-state index is 14.9. The van der Waals surface area contributed by atoms with E-state index in [-0.39, 0.29) is 17.2 Å². The van der Waals surface area contributed by atoms with Gasteiger partial charge >= 0.3 is 0 Å². The van der Waals surface area contributed by atoms with Gasteiger partial charge in [0, 0.05) is 12.6 Å². The largest absolute Gasteiger partial charge is 0.492 e. The summed E-state index contributed by atoms with van der Waals surface area (Å²) in [5, 5.41) is 0. The molecule has 0 saturated heterocycles. The molecule has 4 rings (SSSR count).